The smallest absolute Gasteiger partial charge is 0.132 e. The van der Waals surface area contributed by atoms with E-state index < -0.39 is 0 Å². The number of ketones is 1. The number of carbonyl (C=O) groups is 1. The largest absolute Gasteiger partial charge is 0.375 e. The first-order valence-corrected chi connectivity index (χ1v) is 5.60. The molecular formula is C11H19N3O2. The Bertz CT molecular complexity index is 336. The second-order valence-electron chi connectivity index (χ2n) is 3.92. The number of Topliss-reactive ketones (excluding diaryl/α,β-unsaturated/α-hetero) is 1. The highest BCUT2D eigenvalue weighted by molar-refractivity contribution is 5.77. The van der Waals surface area contributed by atoms with Crippen molar-refractivity contribution in [3.8, 4) is 0 Å². The highest BCUT2D eigenvalue weighted by atomic mass is 16.5. The maximum atomic E-state index is 11.0. The van der Waals surface area contributed by atoms with Gasteiger partial charge in [0.25, 0.3) is 0 Å². The lowest BCUT2D eigenvalue weighted by Crippen LogP contribution is -2.09. The van der Waals surface area contributed by atoms with E-state index in [1.807, 2.05) is 20.0 Å². The minimum atomic E-state index is 0.0753. The highest BCUT2D eigenvalue weighted by Crippen LogP contribution is 2.04. The van der Waals surface area contributed by atoms with Crippen LogP contribution in [0.5, 0.6) is 0 Å². The van der Waals surface area contributed by atoms with Crippen LogP contribution in [-0.2, 0) is 22.7 Å². The van der Waals surface area contributed by atoms with Gasteiger partial charge in [-0.2, -0.15) is 0 Å². The zero-order valence-electron chi connectivity index (χ0n) is 10.1. The molecule has 90 valence electrons. The van der Waals surface area contributed by atoms with Crippen LogP contribution in [0.2, 0.25) is 0 Å². The van der Waals surface area contributed by atoms with Crippen LogP contribution < -0.4 is 0 Å². The van der Waals surface area contributed by atoms with E-state index in [2.05, 4.69) is 10.3 Å². The van der Waals surface area contributed by atoms with Crippen molar-refractivity contribution in [1.29, 1.82) is 0 Å². The molecule has 1 unspecified atom stereocenters. The number of aromatic nitrogens is 3. The molecular weight excluding hydrogens is 206 g/mol. The number of hydrogen-bond acceptors (Lipinski definition) is 4. The molecule has 0 aromatic carbocycles. The van der Waals surface area contributed by atoms with E-state index in [-0.39, 0.29) is 11.7 Å². The van der Waals surface area contributed by atoms with Crippen molar-refractivity contribution in [2.75, 3.05) is 6.61 Å². The molecule has 1 atom stereocenters. The van der Waals surface area contributed by atoms with Crippen LogP contribution in [0, 0.1) is 5.92 Å². The lowest BCUT2D eigenvalue weighted by molar-refractivity contribution is -0.120. The molecule has 0 radical (unpaired) electrons. The molecule has 1 aromatic rings. The molecule has 5 nitrogen and oxygen atoms in total. The zero-order chi connectivity index (χ0) is 12.0. The summed E-state index contributed by atoms with van der Waals surface area (Å²) >= 11 is 0. The van der Waals surface area contributed by atoms with Crippen LogP contribution in [-0.4, -0.2) is 27.4 Å². The van der Waals surface area contributed by atoms with Gasteiger partial charge in [0.1, 0.15) is 11.5 Å². The molecule has 0 N–H and O–H groups in total. The second-order valence-corrected chi connectivity index (χ2v) is 3.92. The standard InChI is InChI=1S/C11H19N3O2/c1-4-14-7-11(12-13-14)8-16-6-5-9(2)10(3)15/h7,9H,4-6,8H2,1-3H3. The first kappa shape index (κ1) is 12.8. The summed E-state index contributed by atoms with van der Waals surface area (Å²) in [4.78, 5) is 11.0. The lowest BCUT2D eigenvalue weighted by atomic mass is 10.1. The Labute approximate surface area is 95.8 Å². The first-order chi connectivity index (χ1) is 7.63. The maximum absolute atomic E-state index is 11.0. The van der Waals surface area contributed by atoms with Gasteiger partial charge in [-0.25, -0.2) is 0 Å². The van der Waals surface area contributed by atoms with Crippen molar-refractivity contribution >= 4 is 5.78 Å². The molecule has 0 spiro atoms. The van der Waals surface area contributed by atoms with Crippen molar-refractivity contribution in [1.82, 2.24) is 15.0 Å². The van der Waals surface area contributed by atoms with Crippen LogP contribution in [0.25, 0.3) is 0 Å². The molecule has 0 amide bonds. The minimum absolute atomic E-state index is 0.0753. The summed E-state index contributed by atoms with van der Waals surface area (Å²) in [5.41, 5.74) is 0.831. The summed E-state index contributed by atoms with van der Waals surface area (Å²) in [6, 6.07) is 0. The molecule has 0 aliphatic rings. The SMILES string of the molecule is CCn1cc(COCCC(C)C(C)=O)nn1. The van der Waals surface area contributed by atoms with Crippen LogP contribution in [0.3, 0.4) is 0 Å². The van der Waals surface area contributed by atoms with E-state index in [1.165, 1.54) is 0 Å². The predicted molar refractivity (Wildman–Crippen MR) is 59.8 cm³/mol. The fourth-order valence-corrected chi connectivity index (χ4v) is 1.20. The molecule has 1 rings (SSSR count). The van der Waals surface area contributed by atoms with Gasteiger partial charge in [0, 0.05) is 19.1 Å². The average Bonchev–Trinajstić information content (AvgIpc) is 2.71. The number of ether oxygens (including phenoxy) is 1. The first-order valence-electron chi connectivity index (χ1n) is 5.60. The second kappa shape index (κ2) is 6.37. The maximum Gasteiger partial charge on any atom is 0.132 e. The summed E-state index contributed by atoms with van der Waals surface area (Å²) in [7, 11) is 0. The summed E-state index contributed by atoms with van der Waals surface area (Å²) in [5, 5.41) is 7.87. The Kier molecular flexibility index (Phi) is 5.11. The topological polar surface area (TPSA) is 57.0 Å². The van der Waals surface area contributed by atoms with Crippen LogP contribution in [0.1, 0.15) is 32.9 Å². The van der Waals surface area contributed by atoms with Gasteiger partial charge in [0.2, 0.25) is 0 Å². The minimum Gasteiger partial charge on any atom is -0.375 e. The zero-order valence-corrected chi connectivity index (χ0v) is 10.1. The Morgan fingerprint density at radius 2 is 2.38 bits per heavy atom. The monoisotopic (exact) mass is 225 g/mol. The van der Waals surface area contributed by atoms with Gasteiger partial charge in [-0.05, 0) is 20.3 Å². The average molecular weight is 225 g/mol. The quantitative estimate of drug-likeness (QED) is 0.659. The van der Waals surface area contributed by atoms with Crippen LogP contribution >= 0.6 is 0 Å². The molecule has 5 heteroatoms. The third-order valence-corrected chi connectivity index (χ3v) is 2.55. The Balaban J connectivity index is 2.18. The predicted octanol–water partition coefficient (Wildman–Crippen LogP) is 1.43. The molecule has 0 saturated heterocycles. The van der Waals surface area contributed by atoms with Gasteiger partial charge in [-0.1, -0.05) is 12.1 Å². The van der Waals surface area contributed by atoms with Gasteiger partial charge in [-0.3, -0.25) is 9.48 Å². The molecule has 0 fully saturated rings. The van der Waals surface area contributed by atoms with Crippen LogP contribution in [0.4, 0.5) is 0 Å². The fraction of sp³-hybridized carbons (Fsp3) is 0.727. The Morgan fingerprint density at radius 3 is 2.94 bits per heavy atom. The molecule has 0 bridgehead atoms. The number of carbonyl (C=O) groups excluding carboxylic acids is 1. The highest BCUT2D eigenvalue weighted by Gasteiger charge is 2.07. The summed E-state index contributed by atoms with van der Waals surface area (Å²) < 4.78 is 7.19. The number of hydrogen-bond donors (Lipinski definition) is 0. The van der Waals surface area contributed by atoms with Crippen molar-refractivity contribution in [3.05, 3.63) is 11.9 Å². The van der Waals surface area contributed by atoms with Crippen molar-refractivity contribution in [2.45, 2.75) is 40.3 Å². The number of nitrogens with zero attached hydrogens (tertiary/aromatic N) is 3. The Hall–Kier alpha value is -1.23. The molecule has 0 aliphatic carbocycles. The summed E-state index contributed by atoms with van der Waals surface area (Å²) in [6.45, 7) is 7.39. The summed E-state index contributed by atoms with van der Waals surface area (Å²) in [6.07, 6.45) is 2.63. The van der Waals surface area contributed by atoms with E-state index in [4.69, 9.17) is 4.74 Å². The van der Waals surface area contributed by atoms with Gasteiger partial charge in [-0.15, -0.1) is 5.10 Å². The molecule has 0 aliphatic heterocycles. The number of aryl methyl sites for hydroxylation is 1. The van der Waals surface area contributed by atoms with Crippen molar-refractivity contribution in [3.63, 3.8) is 0 Å². The Morgan fingerprint density at radius 1 is 1.62 bits per heavy atom. The van der Waals surface area contributed by atoms with E-state index in [0.717, 1.165) is 18.7 Å². The van der Waals surface area contributed by atoms with Gasteiger partial charge >= 0.3 is 0 Å². The third-order valence-electron chi connectivity index (χ3n) is 2.55. The fourth-order valence-electron chi connectivity index (χ4n) is 1.20. The normalized spacial score (nSPS) is 12.7. The van der Waals surface area contributed by atoms with Gasteiger partial charge in [0.05, 0.1) is 12.8 Å². The van der Waals surface area contributed by atoms with Gasteiger partial charge < -0.3 is 4.74 Å². The lowest BCUT2D eigenvalue weighted by Gasteiger charge is -2.06. The number of rotatable bonds is 7. The van der Waals surface area contributed by atoms with E-state index in [0.29, 0.717) is 13.2 Å². The molecule has 1 aromatic heterocycles. The molecule has 16 heavy (non-hydrogen) atoms. The third kappa shape index (κ3) is 4.10. The summed E-state index contributed by atoms with van der Waals surface area (Å²) in [5.74, 6) is 0.284. The van der Waals surface area contributed by atoms with Crippen molar-refractivity contribution in [2.24, 2.45) is 5.92 Å². The van der Waals surface area contributed by atoms with E-state index >= 15 is 0 Å². The molecule has 1 heterocycles. The van der Waals surface area contributed by atoms with E-state index in [9.17, 15) is 4.79 Å². The van der Waals surface area contributed by atoms with Crippen LogP contribution in [0.15, 0.2) is 6.20 Å². The molecule has 0 saturated carbocycles. The van der Waals surface area contributed by atoms with Crippen molar-refractivity contribution < 1.29 is 9.53 Å². The van der Waals surface area contributed by atoms with Gasteiger partial charge in [0.15, 0.2) is 0 Å². The van der Waals surface area contributed by atoms with E-state index in [1.54, 1.807) is 11.6 Å².